The van der Waals surface area contributed by atoms with Gasteiger partial charge in [0.15, 0.2) is 0 Å². The van der Waals surface area contributed by atoms with Gasteiger partial charge in [0, 0.05) is 31.0 Å². The van der Waals surface area contributed by atoms with Crippen molar-refractivity contribution in [2.24, 2.45) is 14.1 Å². The molecule has 0 unspecified atom stereocenters. The topological polar surface area (TPSA) is 48.9 Å². The first-order chi connectivity index (χ1) is 13.3. The second-order valence-electron chi connectivity index (χ2n) is 7.17. The highest BCUT2D eigenvalue weighted by Gasteiger charge is 2.20. The van der Waals surface area contributed by atoms with Crippen molar-refractivity contribution in [3.8, 4) is 16.9 Å². The Balaban J connectivity index is 2.21. The number of hydrogen-bond acceptors (Lipinski definition) is 2. The average molecular weight is 394 g/mol. The summed E-state index contributed by atoms with van der Waals surface area (Å²) in [6.45, 7) is 4.08. The van der Waals surface area contributed by atoms with Gasteiger partial charge in [0.2, 0.25) is 0 Å². The average Bonchev–Trinajstić information content (AvgIpc) is 3.05. The Morgan fingerprint density at radius 2 is 1.46 bits per heavy atom. The smallest absolute Gasteiger partial charge is 0.314 e. The summed E-state index contributed by atoms with van der Waals surface area (Å²) in [5, 5.41) is 1.13. The fourth-order valence-electron chi connectivity index (χ4n) is 3.73. The molecule has 2 heterocycles. The highest BCUT2D eigenvalue weighted by Crippen LogP contribution is 2.32. The molecule has 0 bridgehead atoms. The second-order valence-corrected chi connectivity index (χ2v) is 7.60. The van der Waals surface area contributed by atoms with Gasteiger partial charge in [-0.1, -0.05) is 29.8 Å². The molecule has 0 saturated heterocycles. The molecule has 0 radical (unpaired) electrons. The lowest BCUT2D eigenvalue weighted by atomic mass is 10.1. The van der Waals surface area contributed by atoms with E-state index in [0.717, 1.165) is 32.6 Å². The zero-order valence-corrected chi connectivity index (χ0v) is 16.9. The number of halogens is 1. The van der Waals surface area contributed by atoms with Crippen LogP contribution in [0.3, 0.4) is 0 Å². The summed E-state index contributed by atoms with van der Waals surface area (Å²) < 4.78 is 4.64. The van der Waals surface area contributed by atoms with E-state index < -0.39 is 0 Å². The third-order valence-electron chi connectivity index (χ3n) is 5.04. The summed E-state index contributed by atoms with van der Waals surface area (Å²) in [5.74, 6) is 0. The molecule has 0 aliphatic rings. The van der Waals surface area contributed by atoms with E-state index in [9.17, 15) is 9.59 Å². The molecular weight excluding hydrogens is 374 g/mol. The van der Waals surface area contributed by atoms with Gasteiger partial charge in [-0.25, -0.2) is 4.79 Å². The molecule has 2 aromatic carbocycles. The first kappa shape index (κ1) is 18.3. The van der Waals surface area contributed by atoms with E-state index in [-0.39, 0.29) is 11.2 Å². The molecule has 0 aliphatic heterocycles. The van der Waals surface area contributed by atoms with Gasteiger partial charge in [-0.2, -0.15) is 0 Å². The Labute approximate surface area is 167 Å². The zero-order valence-electron chi connectivity index (χ0n) is 16.2. The van der Waals surface area contributed by atoms with Crippen LogP contribution in [0.2, 0.25) is 5.02 Å². The maximum Gasteiger partial charge on any atom is 0.330 e. The number of fused-ring (bicyclic) bond motifs is 1. The first-order valence-corrected chi connectivity index (χ1v) is 9.31. The maximum absolute atomic E-state index is 13.1. The van der Waals surface area contributed by atoms with Crippen LogP contribution in [0.1, 0.15) is 11.1 Å². The largest absolute Gasteiger partial charge is 0.330 e. The number of nitrogens with zero attached hydrogens (tertiary/aromatic N) is 3. The van der Waals surface area contributed by atoms with Crippen molar-refractivity contribution in [2.75, 3.05) is 0 Å². The van der Waals surface area contributed by atoms with E-state index in [1.165, 1.54) is 11.6 Å². The Morgan fingerprint density at radius 3 is 2.07 bits per heavy atom. The SMILES string of the molecule is Cc1cc(C)cc(-n2cc3c(c2-c2ccc(Cl)cc2)c(=O)n(C)c(=O)n3C)c1. The summed E-state index contributed by atoms with van der Waals surface area (Å²) in [6, 6.07) is 13.6. The lowest BCUT2D eigenvalue weighted by Crippen LogP contribution is -2.36. The van der Waals surface area contributed by atoms with E-state index in [1.54, 1.807) is 19.2 Å². The quantitative estimate of drug-likeness (QED) is 0.517. The fourth-order valence-corrected chi connectivity index (χ4v) is 3.85. The monoisotopic (exact) mass is 393 g/mol. The fraction of sp³-hybridized carbons (Fsp3) is 0.182. The Hall–Kier alpha value is -3.05. The Morgan fingerprint density at radius 1 is 0.857 bits per heavy atom. The molecule has 6 heteroatoms. The number of hydrogen-bond donors (Lipinski definition) is 0. The first-order valence-electron chi connectivity index (χ1n) is 8.93. The summed E-state index contributed by atoms with van der Waals surface area (Å²) in [4.78, 5) is 25.5. The summed E-state index contributed by atoms with van der Waals surface area (Å²) in [7, 11) is 3.19. The molecule has 0 saturated carbocycles. The van der Waals surface area contributed by atoms with Crippen molar-refractivity contribution in [2.45, 2.75) is 13.8 Å². The third-order valence-corrected chi connectivity index (χ3v) is 5.29. The van der Waals surface area contributed by atoms with Crippen molar-refractivity contribution in [3.05, 3.63) is 85.6 Å². The van der Waals surface area contributed by atoms with Gasteiger partial charge in [-0.05, 0) is 54.8 Å². The minimum absolute atomic E-state index is 0.314. The molecule has 0 spiro atoms. The third kappa shape index (κ3) is 2.79. The molecule has 4 rings (SSSR count). The predicted molar refractivity (Wildman–Crippen MR) is 114 cm³/mol. The standard InChI is InChI=1S/C22H20ClN3O2/c1-13-9-14(2)11-17(10-13)26-12-18-19(21(27)25(4)22(28)24(18)3)20(26)15-5-7-16(23)8-6-15/h5-12H,1-4H3. The molecule has 0 N–H and O–H groups in total. The molecule has 0 atom stereocenters. The lowest BCUT2D eigenvalue weighted by Gasteiger charge is -2.12. The van der Waals surface area contributed by atoms with Crippen LogP contribution in [-0.4, -0.2) is 13.7 Å². The van der Waals surface area contributed by atoms with Gasteiger partial charge in [0.05, 0.1) is 16.6 Å². The highest BCUT2D eigenvalue weighted by molar-refractivity contribution is 6.30. The van der Waals surface area contributed by atoms with E-state index in [4.69, 9.17) is 11.6 Å². The Bertz CT molecular complexity index is 1320. The van der Waals surface area contributed by atoms with Crippen molar-refractivity contribution in [3.63, 3.8) is 0 Å². The van der Waals surface area contributed by atoms with Crippen molar-refractivity contribution < 1.29 is 0 Å². The van der Waals surface area contributed by atoms with Gasteiger partial charge in [0.1, 0.15) is 0 Å². The normalized spacial score (nSPS) is 11.3. The van der Waals surface area contributed by atoms with Crippen molar-refractivity contribution in [1.82, 2.24) is 13.7 Å². The van der Waals surface area contributed by atoms with Crippen LogP contribution < -0.4 is 11.2 Å². The minimum atomic E-state index is -0.349. The van der Waals surface area contributed by atoms with Gasteiger partial charge >= 0.3 is 5.69 Å². The van der Waals surface area contributed by atoms with Crippen LogP contribution in [0, 0.1) is 13.8 Å². The number of aromatic nitrogens is 3. The van der Waals surface area contributed by atoms with E-state index in [2.05, 4.69) is 18.2 Å². The van der Waals surface area contributed by atoms with Crippen LogP contribution in [0.5, 0.6) is 0 Å². The van der Waals surface area contributed by atoms with Crippen LogP contribution in [-0.2, 0) is 14.1 Å². The summed E-state index contributed by atoms with van der Waals surface area (Å²) in [5.41, 5.74) is 4.71. The maximum atomic E-state index is 13.1. The zero-order chi connectivity index (χ0) is 20.2. The van der Waals surface area contributed by atoms with E-state index >= 15 is 0 Å². The minimum Gasteiger partial charge on any atom is -0.314 e. The van der Waals surface area contributed by atoms with Crippen LogP contribution in [0.25, 0.3) is 27.8 Å². The molecule has 5 nitrogen and oxygen atoms in total. The summed E-state index contributed by atoms with van der Waals surface area (Å²) in [6.07, 6.45) is 1.86. The number of benzene rings is 2. The van der Waals surface area contributed by atoms with Gasteiger partial charge in [0.25, 0.3) is 5.56 Å². The predicted octanol–water partition coefficient (Wildman–Crippen LogP) is 3.97. The van der Waals surface area contributed by atoms with Crippen LogP contribution >= 0.6 is 11.6 Å². The van der Waals surface area contributed by atoms with E-state index in [1.807, 2.05) is 36.7 Å². The van der Waals surface area contributed by atoms with Gasteiger partial charge in [-0.3, -0.25) is 13.9 Å². The molecule has 142 valence electrons. The lowest BCUT2D eigenvalue weighted by molar-refractivity contribution is 0.714. The Kier molecular flexibility index (Phi) is 4.27. The van der Waals surface area contributed by atoms with E-state index in [0.29, 0.717) is 15.9 Å². The second kappa shape index (κ2) is 6.53. The molecule has 4 aromatic rings. The van der Waals surface area contributed by atoms with Crippen LogP contribution in [0.4, 0.5) is 0 Å². The molecular formula is C22H20ClN3O2. The molecule has 2 aromatic heterocycles. The van der Waals surface area contributed by atoms with Crippen LogP contribution in [0.15, 0.2) is 58.3 Å². The highest BCUT2D eigenvalue weighted by atomic mass is 35.5. The van der Waals surface area contributed by atoms with Crippen molar-refractivity contribution >= 4 is 22.5 Å². The molecule has 0 fully saturated rings. The molecule has 28 heavy (non-hydrogen) atoms. The summed E-state index contributed by atoms with van der Waals surface area (Å²) >= 11 is 6.07. The molecule has 0 aliphatic carbocycles. The van der Waals surface area contributed by atoms with Gasteiger partial charge in [-0.15, -0.1) is 0 Å². The van der Waals surface area contributed by atoms with Crippen molar-refractivity contribution in [1.29, 1.82) is 0 Å². The number of rotatable bonds is 2. The number of aryl methyl sites for hydroxylation is 3. The molecule has 0 amide bonds. The van der Waals surface area contributed by atoms with Gasteiger partial charge < -0.3 is 4.57 Å².